The summed E-state index contributed by atoms with van der Waals surface area (Å²) >= 11 is 0. The molecule has 0 radical (unpaired) electrons. The van der Waals surface area contributed by atoms with Gasteiger partial charge in [0, 0.05) is 25.0 Å². The molecule has 1 rings (SSSR count). The normalized spacial score (nSPS) is 13.4. The minimum atomic E-state index is -3.54. The molecule has 7 nitrogen and oxygen atoms in total. The van der Waals surface area contributed by atoms with E-state index in [9.17, 15) is 8.42 Å². The van der Waals surface area contributed by atoms with Gasteiger partial charge >= 0.3 is 0 Å². The zero-order valence-electron chi connectivity index (χ0n) is 15.1. The molecule has 0 aromatic carbocycles. The van der Waals surface area contributed by atoms with Gasteiger partial charge in [-0.15, -0.1) is 24.0 Å². The van der Waals surface area contributed by atoms with Crippen molar-refractivity contribution < 1.29 is 8.42 Å². The number of aliphatic imine (C=N–C) groups is 1. The Balaban J connectivity index is 0.00000576. The molecule has 4 N–H and O–H groups in total. The van der Waals surface area contributed by atoms with Gasteiger partial charge < -0.3 is 11.1 Å². The maximum absolute atomic E-state index is 12.0. The first-order valence-electron chi connectivity index (χ1n) is 8.27. The predicted molar refractivity (Wildman–Crippen MR) is 113 cm³/mol. The largest absolute Gasteiger partial charge is 0.370 e. The summed E-state index contributed by atoms with van der Waals surface area (Å²) in [6, 6.07) is 3.32. The predicted octanol–water partition coefficient (Wildman–Crippen LogP) is 2.10. The third-order valence-electron chi connectivity index (χ3n) is 3.44. The van der Waals surface area contributed by atoms with Crippen molar-refractivity contribution in [2.24, 2.45) is 16.6 Å². The second-order valence-electron chi connectivity index (χ2n) is 6.22. The number of hydrogen-bond donors (Lipinski definition) is 3. The number of nitrogens with two attached hydrogens (primary N) is 1. The molecular weight excluding hydrogens is 453 g/mol. The maximum Gasteiger partial charge on any atom is 0.242 e. The molecule has 0 aliphatic heterocycles. The molecule has 0 aliphatic rings. The van der Waals surface area contributed by atoms with Gasteiger partial charge in [-0.25, -0.2) is 13.1 Å². The maximum atomic E-state index is 12.0. The Morgan fingerprint density at radius 2 is 2.04 bits per heavy atom. The van der Waals surface area contributed by atoms with Crippen LogP contribution in [0.4, 0.5) is 0 Å². The van der Waals surface area contributed by atoms with Gasteiger partial charge in [-0.1, -0.05) is 26.7 Å². The van der Waals surface area contributed by atoms with Crippen molar-refractivity contribution >= 4 is 40.0 Å². The zero-order chi connectivity index (χ0) is 18.0. The van der Waals surface area contributed by atoms with Crippen LogP contribution < -0.4 is 15.8 Å². The first-order valence-corrected chi connectivity index (χ1v) is 9.75. The molecule has 0 spiro atoms. The fourth-order valence-electron chi connectivity index (χ4n) is 2.15. The van der Waals surface area contributed by atoms with Crippen LogP contribution in [0.25, 0.3) is 0 Å². The molecule has 1 aromatic heterocycles. The average molecular weight is 483 g/mol. The Labute approximate surface area is 168 Å². The van der Waals surface area contributed by atoms with E-state index in [0.29, 0.717) is 11.9 Å². The van der Waals surface area contributed by atoms with Gasteiger partial charge in [0.15, 0.2) is 5.96 Å². The molecule has 1 aromatic rings. The average Bonchev–Trinajstić information content (AvgIpc) is 2.52. The highest BCUT2D eigenvalue weighted by atomic mass is 127. The van der Waals surface area contributed by atoms with Gasteiger partial charge in [0.1, 0.15) is 4.90 Å². The summed E-state index contributed by atoms with van der Waals surface area (Å²) in [5.74, 6) is 1.05. The number of nitrogens with zero attached hydrogens (tertiary/aromatic N) is 2. The summed E-state index contributed by atoms with van der Waals surface area (Å²) in [6.07, 6.45) is 6.20. The number of hydrogen-bond acceptors (Lipinski definition) is 4. The molecule has 1 unspecified atom stereocenters. The van der Waals surface area contributed by atoms with Crippen molar-refractivity contribution in [3.05, 3.63) is 24.5 Å². The number of sulfonamides is 1. The number of pyridine rings is 1. The number of nitrogens with one attached hydrogen (secondary N) is 2. The highest BCUT2D eigenvalue weighted by molar-refractivity contribution is 14.0. The van der Waals surface area contributed by atoms with Crippen LogP contribution in [0.15, 0.2) is 34.4 Å². The van der Waals surface area contributed by atoms with E-state index < -0.39 is 10.0 Å². The Morgan fingerprint density at radius 3 is 2.64 bits per heavy atom. The molecule has 0 saturated heterocycles. The van der Waals surface area contributed by atoms with E-state index in [-0.39, 0.29) is 48.0 Å². The first-order chi connectivity index (χ1) is 11.3. The van der Waals surface area contributed by atoms with Gasteiger partial charge in [-0.05, 0) is 31.4 Å². The fourth-order valence-corrected chi connectivity index (χ4v) is 3.13. The monoisotopic (exact) mass is 483 g/mol. The summed E-state index contributed by atoms with van der Waals surface area (Å²) in [4.78, 5) is 8.08. The molecule has 144 valence electrons. The van der Waals surface area contributed by atoms with Gasteiger partial charge in [-0.2, -0.15) is 0 Å². The summed E-state index contributed by atoms with van der Waals surface area (Å²) in [7, 11) is -3.54. The molecule has 1 atom stereocenters. The molecule has 25 heavy (non-hydrogen) atoms. The smallest absolute Gasteiger partial charge is 0.242 e. The van der Waals surface area contributed by atoms with E-state index in [0.717, 1.165) is 12.8 Å². The van der Waals surface area contributed by atoms with E-state index in [2.05, 4.69) is 40.8 Å². The second kappa shape index (κ2) is 12.4. The lowest BCUT2D eigenvalue weighted by Gasteiger charge is -2.15. The second-order valence-corrected chi connectivity index (χ2v) is 7.99. The van der Waals surface area contributed by atoms with Crippen molar-refractivity contribution in [1.29, 1.82) is 0 Å². The summed E-state index contributed by atoms with van der Waals surface area (Å²) in [5, 5.41) is 3.12. The van der Waals surface area contributed by atoms with E-state index >= 15 is 0 Å². The molecule has 9 heteroatoms. The van der Waals surface area contributed by atoms with Crippen molar-refractivity contribution in [2.45, 2.75) is 51.0 Å². The lowest BCUT2D eigenvalue weighted by Crippen LogP contribution is -2.39. The fraction of sp³-hybridized carbons (Fsp3) is 0.625. The minimum Gasteiger partial charge on any atom is -0.370 e. The Morgan fingerprint density at radius 1 is 1.32 bits per heavy atom. The van der Waals surface area contributed by atoms with Crippen LogP contribution in [-0.2, 0) is 10.0 Å². The van der Waals surface area contributed by atoms with Gasteiger partial charge in [0.05, 0.1) is 6.54 Å². The lowest BCUT2D eigenvalue weighted by atomic mass is 10.0. The minimum absolute atomic E-state index is 0. The lowest BCUT2D eigenvalue weighted by molar-refractivity contribution is 0.493. The first kappa shape index (κ1) is 24.1. The third kappa shape index (κ3) is 10.6. The molecule has 0 fully saturated rings. The summed E-state index contributed by atoms with van der Waals surface area (Å²) in [5.41, 5.74) is 5.82. The summed E-state index contributed by atoms with van der Waals surface area (Å²) in [6.45, 7) is 6.94. The van der Waals surface area contributed by atoms with E-state index in [1.807, 2.05) is 0 Å². The Kier molecular flexibility index (Phi) is 12.0. The van der Waals surface area contributed by atoms with E-state index in [1.54, 1.807) is 6.07 Å². The Hall–Kier alpha value is -0.940. The number of rotatable bonds is 10. The van der Waals surface area contributed by atoms with Crippen LogP contribution >= 0.6 is 24.0 Å². The van der Waals surface area contributed by atoms with Gasteiger partial charge in [-0.3, -0.25) is 9.98 Å². The van der Waals surface area contributed by atoms with Gasteiger partial charge in [0.25, 0.3) is 0 Å². The Bertz CT molecular complexity index is 608. The molecular formula is C16H30IN5O2S. The van der Waals surface area contributed by atoms with Crippen molar-refractivity contribution in [3.63, 3.8) is 0 Å². The highest BCUT2D eigenvalue weighted by Gasteiger charge is 2.12. The van der Waals surface area contributed by atoms with Crippen molar-refractivity contribution in [2.75, 3.05) is 13.1 Å². The van der Waals surface area contributed by atoms with Crippen LogP contribution in [0.1, 0.15) is 40.0 Å². The van der Waals surface area contributed by atoms with Crippen molar-refractivity contribution in [1.82, 2.24) is 15.0 Å². The summed E-state index contributed by atoms with van der Waals surface area (Å²) < 4.78 is 26.4. The van der Waals surface area contributed by atoms with E-state index in [4.69, 9.17) is 5.73 Å². The number of halogens is 1. The van der Waals surface area contributed by atoms with Crippen LogP contribution in [0.3, 0.4) is 0 Å². The van der Waals surface area contributed by atoms with Crippen molar-refractivity contribution in [3.8, 4) is 0 Å². The highest BCUT2D eigenvalue weighted by Crippen LogP contribution is 2.08. The zero-order valence-corrected chi connectivity index (χ0v) is 18.3. The number of aromatic nitrogens is 1. The standard InChI is InChI=1S/C16H29N5O2S.HI/c1-13(2)6-4-7-14(3)21-16(17)19-10-11-20-24(22,23)15-8-5-9-18-12-15;/h5,8-9,12-14,20H,4,6-7,10-11H2,1-3H3,(H3,17,19,21);1H. The molecule has 0 saturated carbocycles. The molecule has 0 aliphatic carbocycles. The quantitative estimate of drug-likeness (QED) is 0.204. The van der Waals surface area contributed by atoms with Crippen LogP contribution in [0.2, 0.25) is 0 Å². The van der Waals surface area contributed by atoms with Crippen LogP contribution in [0, 0.1) is 5.92 Å². The SMILES string of the molecule is CC(C)CCCC(C)NC(N)=NCCNS(=O)(=O)c1cccnc1.I. The topological polar surface area (TPSA) is 109 Å². The molecule has 1 heterocycles. The van der Waals surface area contributed by atoms with Crippen LogP contribution in [0.5, 0.6) is 0 Å². The van der Waals surface area contributed by atoms with Crippen LogP contribution in [-0.4, -0.2) is 38.5 Å². The number of guanidine groups is 1. The molecule has 0 bridgehead atoms. The third-order valence-corrected chi connectivity index (χ3v) is 4.89. The molecule has 0 amide bonds. The van der Waals surface area contributed by atoms with E-state index in [1.165, 1.54) is 24.9 Å². The van der Waals surface area contributed by atoms with Gasteiger partial charge in [0.2, 0.25) is 10.0 Å².